The number of rotatable bonds is 7. The van der Waals surface area contributed by atoms with Crippen molar-refractivity contribution >= 4 is 11.7 Å². The average molecular weight is 319 g/mol. The predicted molar refractivity (Wildman–Crippen MR) is 92.7 cm³/mol. The number of aliphatic hydroxyl groups is 1. The Morgan fingerprint density at radius 3 is 2.57 bits per heavy atom. The highest BCUT2D eigenvalue weighted by Gasteiger charge is 2.44. The molecule has 2 N–H and O–H groups in total. The van der Waals surface area contributed by atoms with E-state index in [1.807, 2.05) is 19.9 Å². The fraction of sp³-hybridized carbons (Fsp3) is 0.579. The van der Waals surface area contributed by atoms with E-state index in [0.717, 1.165) is 12.8 Å². The first-order valence-electron chi connectivity index (χ1n) is 8.33. The van der Waals surface area contributed by atoms with Gasteiger partial charge in [-0.25, -0.2) is 0 Å². The van der Waals surface area contributed by atoms with Gasteiger partial charge in [0.05, 0.1) is 0 Å². The standard InChI is InChI=1S/C19H29NO3/c1-6-8-15-16(20-18(22)19(5,23)17(15)21)12-11-14(4)10-7-9-13(2)3/h7,9,11,13,23H,6,8,10,12H2,1-5H3,(H,20,22)/b9-7+,14-11+. The molecular weight excluding hydrogens is 290 g/mol. The van der Waals surface area contributed by atoms with Gasteiger partial charge in [-0.15, -0.1) is 0 Å². The second-order valence-electron chi connectivity index (χ2n) is 6.69. The molecule has 0 aromatic rings. The third kappa shape index (κ3) is 5.17. The normalized spacial score (nSPS) is 23.2. The lowest BCUT2D eigenvalue weighted by Gasteiger charge is -2.29. The summed E-state index contributed by atoms with van der Waals surface area (Å²) in [5.41, 5.74) is 0.399. The van der Waals surface area contributed by atoms with Crippen LogP contribution in [0.4, 0.5) is 0 Å². The lowest BCUT2D eigenvalue weighted by molar-refractivity contribution is -0.149. The van der Waals surface area contributed by atoms with Crippen molar-refractivity contribution in [1.82, 2.24) is 5.32 Å². The van der Waals surface area contributed by atoms with Crippen LogP contribution in [0, 0.1) is 5.92 Å². The van der Waals surface area contributed by atoms with Gasteiger partial charge in [0.2, 0.25) is 11.4 Å². The van der Waals surface area contributed by atoms with Gasteiger partial charge in [-0.3, -0.25) is 9.59 Å². The first kappa shape index (κ1) is 19.4. The molecule has 0 bridgehead atoms. The Kier molecular flexibility index (Phi) is 6.95. The molecule has 1 amide bonds. The molecule has 0 aliphatic carbocycles. The summed E-state index contributed by atoms with van der Waals surface area (Å²) in [5.74, 6) is -0.578. The lowest BCUT2D eigenvalue weighted by Crippen LogP contribution is -2.54. The number of amides is 1. The van der Waals surface area contributed by atoms with Crippen LogP contribution in [0.2, 0.25) is 0 Å². The molecular formula is C19H29NO3. The molecule has 0 aromatic heterocycles. The van der Waals surface area contributed by atoms with Crippen LogP contribution in [0.5, 0.6) is 0 Å². The molecule has 4 nitrogen and oxygen atoms in total. The van der Waals surface area contributed by atoms with E-state index in [1.54, 1.807) is 0 Å². The maximum absolute atomic E-state index is 12.3. The molecule has 4 heteroatoms. The minimum absolute atomic E-state index is 0.469. The molecule has 1 aliphatic heterocycles. The van der Waals surface area contributed by atoms with Gasteiger partial charge >= 0.3 is 0 Å². The molecule has 0 spiro atoms. The zero-order valence-electron chi connectivity index (χ0n) is 14.9. The van der Waals surface area contributed by atoms with Crippen LogP contribution in [0.25, 0.3) is 0 Å². The number of ketones is 1. The summed E-state index contributed by atoms with van der Waals surface area (Å²) in [6.45, 7) is 9.53. The molecule has 0 saturated heterocycles. The van der Waals surface area contributed by atoms with Crippen molar-refractivity contribution in [3.8, 4) is 0 Å². The van der Waals surface area contributed by atoms with Crippen molar-refractivity contribution in [2.75, 3.05) is 0 Å². The van der Waals surface area contributed by atoms with Crippen molar-refractivity contribution in [3.63, 3.8) is 0 Å². The van der Waals surface area contributed by atoms with Crippen molar-refractivity contribution in [3.05, 3.63) is 35.1 Å². The fourth-order valence-electron chi connectivity index (χ4n) is 2.44. The van der Waals surface area contributed by atoms with Crippen LogP contribution >= 0.6 is 0 Å². The average Bonchev–Trinajstić information content (AvgIpc) is 2.46. The summed E-state index contributed by atoms with van der Waals surface area (Å²) in [5, 5.41) is 12.8. The first-order valence-corrected chi connectivity index (χ1v) is 8.33. The highest BCUT2D eigenvalue weighted by molar-refractivity contribution is 6.19. The Balaban J connectivity index is 2.92. The predicted octanol–water partition coefficient (Wildman–Crippen LogP) is 3.43. The highest BCUT2D eigenvalue weighted by Crippen LogP contribution is 2.26. The largest absolute Gasteiger partial charge is 0.373 e. The van der Waals surface area contributed by atoms with Crippen LogP contribution in [0.3, 0.4) is 0 Å². The number of carbonyl (C=O) groups excluding carboxylic acids is 2. The van der Waals surface area contributed by atoms with E-state index in [0.29, 0.717) is 30.0 Å². The molecule has 0 aromatic carbocycles. The Morgan fingerprint density at radius 1 is 1.35 bits per heavy atom. The van der Waals surface area contributed by atoms with Gasteiger partial charge < -0.3 is 10.4 Å². The van der Waals surface area contributed by atoms with Crippen molar-refractivity contribution in [1.29, 1.82) is 0 Å². The van der Waals surface area contributed by atoms with Crippen molar-refractivity contribution in [2.24, 2.45) is 5.92 Å². The molecule has 1 rings (SSSR count). The molecule has 0 radical (unpaired) electrons. The van der Waals surface area contributed by atoms with E-state index in [1.165, 1.54) is 12.5 Å². The summed E-state index contributed by atoms with van der Waals surface area (Å²) in [6, 6.07) is 0. The minimum Gasteiger partial charge on any atom is -0.373 e. The second-order valence-corrected chi connectivity index (χ2v) is 6.69. The minimum atomic E-state index is -1.95. The van der Waals surface area contributed by atoms with Gasteiger partial charge in [0.15, 0.2) is 0 Å². The Bertz CT molecular complexity index is 551. The topological polar surface area (TPSA) is 66.4 Å². The molecule has 1 unspecified atom stereocenters. The number of nitrogens with one attached hydrogen (secondary N) is 1. The number of carbonyl (C=O) groups is 2. The third-order valence-electron chi connectivity index (χ3n) is 3.90. The summed E-state index contributed by atoms with van der Waals surface area (Å²) in [7, 11) is 0. The van der Waals surface area contributed by atoms with Gasteiger partial charge in [-0.1, -0.05) is 51.0 Å². The summed E-state index contributed by atoms with van der Waals surface area (Å²) in [4.78, 5) is 24.3. The van der Waals surface area contributed by atoms with Gasteiger partial charge in [0.1, 0.15) is 0 Å². The zero-order valence-corrected chi connectivity index (χ0v) is 14.9. The number of allylic oxidation sites excluding steroid dienone is 4. The van der Waals surface area contributed by atoms with Crippen LogP contribution in [0.15, 0.2) is 35.1 Å². The molecule has 1 aliphatic rings. The van der Waals surface area contributed by atoms with E-state index < -0.39 is 17.3 Å². The smallest absolute Gasteiger partial charge is 0.263 e. The quantitative estimate of drug-likeness (QED) is 0.558. The number of hydrogen-bond acceptors (Lipinski definition) is 3. The molecule has 23 heavy (non-hydrogen) atoms. The molecule has 0 saturated carbocycles. The SMILES string of the molecule is CCCC1=C(C/C=C(\C)C/C=C/C(C)C)NC(=O)C(C)(O)C1=O. The van der Waals surface area contributed by atoms with Gasteiger partial charge in [-0.05, 0) is 32.6 Å². The highest BCUT2D eigenvalue weighted by atomic mass is 16.3. The molecule has 1 heterocycles. The number of hydrogen-bond donors (Lipinski definition) is 2. The Hall–Kier alpha value is -1.68. The van der Waals surface area contributed by atoms with E-state index in [2.05, 4.69) is 31.3 Å². The van der Waals surface area contributed by atoms with Crippen LogP contribution in [-0.4, -0.2) is 22.4 Å². The molecule has 0 fully saturated rings. The Morgan fingerprint density at radius 2 is 2.00 bits per heavy atom. The molecule has 1 atom stereocenters. The van der Waals surface area contributed by atoms with Gasteiger partial charge in [-0.2, -0.15) is 0 Å². The third-order valence-corrected chi connectivity index (χ3v) is 3.90. The van der Waals surface area contributed by atoms with E-state index in [9.17, 15) is 14.7 Å². The zero-order chi connectivity index (χ0) is 17.6. The van der Waals surface area contributed by atoms with E-state index >= 15 is 0 Å². The second kappa shape index (κ2) is 8.25. The number of Topliss-reactive ketones (excluding diaryl/α,β-unsaturated/α-hetero) is 1. The van der Waals surface area contributed by atoms with Gasteiger partial charge in [0.25, 0.3) is 5.91 Å². The van der Waals surface area contributed by atoms with E-state index in [-0.39, 0.29) is 0 Å². The van der Waals surface area contributed by atoms with Crippen LogP contribution in [-0.2, 0) is 9.59 Å². The lowest BCUT2D eigenvalue weighted by atomic mass is 9.86. The van der Waals surface area contributed by atoms with E-state index in [4.69, 9.17) is 0 Å². The van der Waals surface area contributed by atoms with Crippen LogP contribution < -0.4 is 5.32 Å². The van der Waals surface area contributed by atoms with Crippen LogP contribution in [0.1, 0.15) is 60.3 Å². The van der Waals surface area contributed by atoms with Crippen molar-refractivity contribution < 1.29 is 14.7 Å². The van der Waals surface area contributed by atoms with Gasteiger partial charge in [0, 0.05) is 17.7 Å². The van der Waals surface area contributed by atoms with Crippen molar-refractivity contribution in [2.45, 2.75) is 65.9 Å². The molecule has 128 valence electrons. The maximum atomic E-state index is 12.3. The summed E-state index contributed by atoms with van der Waals surface area (Å²) in [6.07, 6.45) is 9.03. The monoisotopic (exact) mass is 319 g/mol. The first-order chi connectivity index (χ1) is 10.7. The summed E-state index contributed by atoms with van der Waals surface area (Å²) >= 11 is 0. The fourth-order valence-corrected chi connectivity index (χ4v) is 2.44. The summed E-state index contributed by atoms with van der Waals surface area (Å²) < 4.78 is 0. The maximum Gasteiger partial charge on any atom is 0.263 e. The Labute approximate surface area is 139 Å².